The molecule has 1 saturated heterocycles. The summed E-state index contributed by atoms with van der Waals surface area (Å²) >= 11 is 0. The van der Waals surface area contributed by atoms with Crippen LogP contribution in [0, 0.1) is 18.3 Å². The summed E-state index contributed by atoms with van der Waals surface area (Å²) < 4.78 is 40.8. The molecule has 1 aliphatic heterocycles. The second-order valence-corrected chi connectivity index (χ2v) is 9.78. The minimum absolute atomic E-state index is 0.115. The lowest BCUT2D eigenvalue weighted by Crippen LogP contribution is -2.42. The highest BCUT2D eigenvalue weighted by Crippen LogP contribution is 2.46. The number of benzene rings is 1. The highest BCUT2D eigenvalue weighted by atomic mass is 19.4. The van der Waals surface area contributed by atoms with Gasteiger partial charge in [0.25, 0.3) is 11.8 Å². The number of pyridine rings is 1. The molecule has 1 saturated carbocycles. The number of carbonyl (C=O) groups is 2. The van der Waals surface area contributed by atoms with E-state index in [0.717, 1.165) is 31.2 Å². The highest BCUT2D eigenvalue weighted by molar-refractivity contribution is 6.04. The van der Waals surface area contributed by atoms with Crippen molar-refractivity contribution in [1.29, 1.82) is 0 Å². The van der Waals surface area contributed by atoms with Gasteiger partial charge in [0, 0.05) is 23.9 Å². The van der Waals surface area contributed by atoms with Gasteiger partial charge >= 0.3 is 6.18 Å². The van der Waals surface area contributed by atoms with E-state index in [1.54, 1.807) is 21.7 Å². The number of hydrogen-bond acceptors (Lipinski definition) is 7. The largest absolute Gasteiger partial charge is 0.416 e. The Kier molecular flexibility index (Phi) is 5.90. The summed E-state index contributed by atoms with van der Waals surface area (Å²) in [4.78, 5) is 39.1. The number of hydrogen-bond donors (Lipinski definition) is 2. The number of alkyl halides is 3. The van der Waals surface area contributed by atoms with Crippen molar-refractivity contribution < 1.29 is 22.8 Å². The van der Waals surface area contributed by atoms with E-state index in [-0.39, 0.29) is 35.2 Å². The lowest BCUT2D eigenvalue weighted by molar-refractivity contribution is -0.137. The molecule has 3 atom stereocenters. The SMILES string of the molecule is C#CC(=O)N1CC2CC1C(n1nc(-c3ccc(C(=O)Nc4cc(C(F)(F)F)ccn4)cc3)c3c(N)ncnc31)C2. The molecule has 202 valence electrons. The molecule has 10 nitrogen and oxygen atoms in total. The van der Waals surface area contributed by atoms with Gasteiger partial charge in [0.2, 0.25) is 0 Å². The average Bonchev–Trinajstić information content (AvgIpc) is 3.66. The summed E-state index contributed by atoms with van der Waals surface area (Å²) in [5, 5.41) is 7.76. The molecule has 0 radical (unpaired) electrons. The minimum Gasteiger partial charge on any atom is -0.383 e. The molecule has 4 heterocycles. The van der Waals surface area contributed by atoms with Gasteiger partial charge in [0.1, 0.15) is 23.7 Å². The molecule has 6 rings (SSSR count). The van der Waals surface area contributed by atoms with Crippen molar-refractivity contribution in [3.8, 4) is 23.6 Å². The summed E-state index contributed by atoms with van der Waals surface area (Å²) in [5.74, 6) is 1.54. The van der Waals surface area contributed by atoms with Crippen LogP contribution >= 0.6 is 0 Å². The predicted molar refractivity (Wildman–Crippen MR) is 138 cm³/mol. The van der Waals surface area contributed by atoms with Crippen LogP contribution in [0.1, 0.15) is 34.8 Å². The number of nitrogen functional groups attached to an aromatic ring is 1. The summed E-state index contributed by atoms with van der Waals surface area (Å²) in [6, 6.07) is 7.68. The van der Waals surface area contributed by atoms with Crippen LogP contribution in [-0.4, -0.2) is 54.0 Å². The number of likely N-dealkylation sites (tertiary alicyclic amines) is 1. The molecule has 3 N–H and O–H groups in total. The third-order valence-electron chi connectivity index (χ3n) is 7.42. The van der Waals surface area contributed by atoms with Crippen LogP contribution in [0.15, 0.2) is 48.9 Å². The molecular weight excluding hydrogens is 525 g/mol. The number of carbonyl (C=O) groups excluding carboxylic acids is 2. The first-order chi connectivity index (χ1) is 19.1. The van der Waals surface area contributed by atoms with Gasteiger partial charge < -0.3 is 16.0 Å². The molecule has 2 fully saturated rings. The number of fused-ring (bicyclic) bond motifs is 3. The number of amides is 2. The van der Waals surface area contributed by atoms with Crippen molar-refractivity contribution in [1.82, 2.24) is 29.6 Å². The van der Waals surface area contributed by atoms with E-state index < -0.39 is 17.6 Å². The maximum Gasteiger partial charge on any atom is 0.416 e. The zero-order chi connectivity index (χ0) is 28.2. The fourth-order valence-electron chi connectivity index (χ4n) is 5.64. The summed E-state index contributed by atoms with van der Waals surface area (Å²) in [6.07, 6.45) is 4.78. The van der Waals surface area contributed by atoms with Gasteiger partial charge in [-0.3, -0.25) is 9.59 Å². The number of halogens is 3. The number of aromatic nitrogens is 5. The molecule has 40 heavy (non-hydrogen) atoms. The normalized spacial score (nSPS) is 20.1. The Morgan fingerprint density at radius 2 is 1.82 bits per heavy atom. The van der Waals surface area contributed by atoms with Gasteiger partial charge in [-0.15, -0.1) is 6.42 Å². The summed E-state index contributed by atoms with van der Waals surface area (Å²) in [6.45, 7) is 0.618. The molecule has 4 aromatic rings. The number of piperidine rings is 1. The molecule has 2 bridgehead atoms. The molecule has 0 spiro atoms. The lowest BCUT2D eigenvalue weighted by atomic mass is 10.1. The van der Waals surface area contributed by atoms with Crippen molar-refractivity contribution in [2.45, 2.75) is 31.1 Å². The first kappa shape index (κ1) is 25.3. The Labute approximate surface area is 225 Å². The topological polar surface area (TPSA) is 132 Å². The summed E-state index contributed by atoms with van der Waals surface area (Å²) in [7, 11) is 0. The van der Waals surface area contributed by atoms with Gasteiger partial charge in [-0.1, -0.05) is 12.1 Å². The maximum atomic E-state index is 13.0. The Morgan fingerprint density at radius 1 is 1.07 bits per heavy atom. The number of anilines is 2. The van der Waals surface area contributed by atoms with Crippen molar-refractivity contribution in [3.63, 3.8) is 0 Å². The smallest absolute Gasteiger partial charge is 0.383 e. The van der Waals surface area contributed by atoms with Crippen molar-refractivity contribution in [3.05, 3.63) is 60.0 Å². The van der Waals surface area contributed by atoms with E-state index in [1.165, 1.54) is 18.5 Å². The highest BCUT2D eigenvalue weighted by Gasteiger charge is 2.48. The quantitative estimate of drug-likeness (QED) is 0.374. The van der Waals surface area contributed by atoms with Crippen LogP contribution in [0.3, 0.4) is 0 Å². The second-order valence-electron chi connectivity index (χ2n) is 9.78. The lowest BCUT2D eigenvalue weighted by Gasteiger charge is -2.32. The fraction of sp³-hybridized carbons (Fsp3) is 0.259. The molecule has 3 aromatic heterocycles. The standard InChI is InChI=1S/C27H21F3N8O2/c1-2-21(39)37-12-14-9-18(37)19(10-14)38-25-22(24(31)33-13-34-25)23(36-38)15-3-5-16(6-4-15)26(40)35-20-11-17(7-8-32-20)27(28,29)30/h1,3-8,11,13-14,18-19H,9-10,12H2,(H2,31,33,34)(H,32,35,40). The summed E-state index contributed by atoms with van der Waals surface area (Å²) in [5.41, 5.74) is 7.16. The first-order valence-electron chi connectivity index (χ1n) is 12.3. The number of nitrogens with zero attached hydrogens (tertiary/aromatic N) is 6. The van der Waals surface area contributed by atoms with Gasteiger partial charge in [0.05, 0.1) is 23.0 Å². The van der Waals surface area contributed by atoms with Crippen LogP contribution < -0.4 is 11.1 Å². The fourth-order valence-corrected chi connectivity index (χ4v) is 5.64. The number of nitrogens with two attached hydrogens (primary N) is 1. The van der Waals surface area contributed by atoms with E-state index in [2.05, 4.69) is 26.2 Å². The first-order valence-corrected chi connectivity index (χ1v) is 12.3. The van der Waals surface area contributed by atoms with Crippen molar-refractivity contribution >= 4 is 34.5 Å². The maximum absolute atomic E-state index is 13.0. The number of terminal acetylenes is 1. The molecule has 1 aliphatic carbocycles. The zero-order valence-electron chi connectivity index (χ0n) is 20.8. The van der Waals surface area contributed by atoms with E-state index in [1.807, 2.05) is 0 Å². The Morgan fingerprint density at radius 3 is 2.52 bits per heavy atom. The molecule has 2 aliphatic rings. The molecule has 1 aromatic carbocycles. The van der Waals surface area contributed by atoms with Gasteiger partial charge in [-0.05, 0) is 48.9 Å². The van der Waals surface area contributed by atoms with Crippen molar-refractivity contribution in [2.24, 2.45) is 5.92 Å². The van der Waals surface area contributed by atoms with Crippen LogP contribution in [0.25, 0.3) is 22.3 Å². The number of rotatable bonds is 4. The molecule has 3 unspecified atom stereocenters. The Hall–Kier alpha value is -4.99. The Balaban J connectivity index is 1.30. The van der Waals surface area contributed by atoms with Crippen molar-refractivity contribution in [2.75, 3.05) is 17.6 Å². The van der Waals surface area contributed by atoms with Crippen LogP contribution in [0.4, 0.5) is 24.8 Å². The monoisotopic (exact) mass is 546 g/mol. The molecular formula is C27H21F3N8O2. The number of nitrogens with one attached hydrogen (secondary N) is 1. The van der Waals surface area contributed by atoms with Crippen LogP contribution in [0.2, 0.25) is 0 Å². The van der Waals surface area contributed by atoms with E-state index in [0.29, 0.717) is 34.8 Å². The van der Waals surface area contributed by atoms with Gasteiger partial charge in [0.15, 0.2) is 5.65 Å². The third-order valence-corrected chi connectivity index (χ3v) is 7.42. The minimum atomic E-state index is -4.56. The second kappa shape index (κ2) is 9.33. The van der Waals surface area contributed by atoms with Gasteiger partial charge in [-0.2, -0.15) is 18.3 Å². The van der Waals surface area contributed by atoms with E-state index >= 15 is 0 Å². The van der Waals surface area contributed by atoms with E-state index in [9.17, 15) is 22.8 Å². The van der Waals surface area contributed by atoms with E-state index in [4.69, 9.17) is 17.3 Å². The predicted octanol–water partition coefficient (Wildman–Crippen LogP) is 3.54. The molecule has 2 amide bonds. The molecule has 13 heteroatoms. The Bertz CT molecular complexity index is 1690. The third kappa shape index (κ3) is 4.27. The van der Waals surface area contributed by atoms with Crippen LogP contribution in [-0.2, 0) is 11.0 Å². The van der Waals surface area contributed by atoms with Gasteiger partial charge in [-0.25, -0.2) is 19.6 Å². The average molecular weight is 547 g/mol. The van der Waals surface area contributed by atoms with Crippen LogP contribution in [0.5, 0.6) is 0 Å². The zero-order valence-corrected chi connectivity index (χ0v) is 20.8.